The van der Waals surface area contributed by atoms with Gasteiger partial charge in [0.15, 0.2) is 5.60 Å². The fraction of sp³-hybridized carbons (Fsp3) is 0.150. The van der Waals surface area contributed by atoms with Crippen molar-refractivity contribution in [1.29, 1.82) is 0 Å². The van der Waals surface area contributed by atoms with E-state index in [0.717, 1.165) is 15.6 Å². The zero-order valence-electron chi connectivity index (χ0n) is 14.5. The number of nitrogens with two attached hydrogens (primary N) is 1. The molecule has 6 nitrogen and oxygen atoms in total. The number of rotatable bonds is 1. The van der Waals surface area contributed by atoms with Gasteiger partial charge >= 0.3 is 0 Å². The largest absolute Gasteiger partial charge is 0.449 e. The van der Waals surface area contributed by atoms with Crippen LogP contribution < -0.4 is 10.5 Å². The Hall–Kier alpha value is -3.00. The maximum Gasteiger partial charge on any atom is 0.283 e. The molecule has 0 bridgehead atoms. The number of hydrogen-bond donors (Lipinski definition) is 1. The van der Waals surface area contributed by atoms with E-state index >= 15 is 0 Å². The first kappa shape index (κ1) is 17.1. The van der Waals surface area contributed by atoms with Gasteiger partial charge in [-0.1, -0.05) is 6.07 Å². The Labute approximate surface area is 168 Å². The summed E-state index contributed by atoms with van der Waals surface area (Å²) in [5, 5.41) is 0. The highest BCUT2D eigenvalue weighted by Gasteiger charge is 2.47. The van der Waals surface area contributed by atoms with Gasteiger partial charge in [0.2, 0.25) is 11.8 Å². The summed E-state index contributed by atoms with van der Waals surface area (Å²) in [5.41, 5.74) is 7.60. The van der Waals surface area contributed by atoms with Crippen LogP contribution in [0.15, 0.2) is 58.3 Å². The number of nitrogens with zero attached hydrogens (tertiary/aromatic N) is 3. The highest BCUT2D eigenvalue weighted by atomic mass is 79.9. The predicted octanol–water partition coefficient (Wildman–Crippen LogP) is 4.13. The van der Waals surface area contributed by atoms with Gasteiger partial charge < -0.3 is 15.2 Å². The second-order valence-corrected chi connectivity index (χ2v) is 7.48. The number of hydrogen-bond acceptors (Lipinski definition) is 6. The van der Waals surface area contributed by atoms with Crippen molar-refractivity contribution in [3.05, 3.63) is 70.3 Å². The Kier molecular flexibility index (Phi) is 3.83. The first-order valence-corrected chi connectivity index (χ1v) is 9.44. The van der Waals surface area contributed by atoms with E-state index in [9.17, 15) is 4.39 Å². The molecule has 2 aromatic heterocycles. The number of fused-ring (bicyclic) bond motifs is 4. The summed E-state index contributed by atoms with van der Waals surface area (Å²) in [7, 11) is 0. The second-order valence-electron chi connectivity index (χ2n) is 6.56. The molecule has 8 heteroatoms. The first-order chi connectivity index (χ1) is 13.6. The molecule has 0 saturated carbocycles. The van der Waals surface area contributed by atoms with Gasteiger partial charge in [-0.25, -0.2) is 15.0 Å². The van der Waals surface area contributed by atoms with E-state index in [1.807, 2.05) is 12.1 Å². The van der Waals surface area contributed by atoms with Crippen LogP contribution >= 0.6 is 15.9 Å². The molecule has 2 N–H and O–H groups in total. The lowest BCUT2D eigenvalue weighted by molar-refractivity contribution is 0.0626. The number of ether oxygens (including phenoxy) is 2. The minimum atomic E-state index is -0.916. The minimum absolute atomic E-state index is 0.1000. The maximum atomic E-state index is 14.3. The Morgan fingerprint density at radius 2 is 2.04 bits per heavy atom. The number of amidine groups is 1. The van der Waals surface area contributed by atoms with E-state index in [1.165, 1.54) is 6.20 Å². The summed E-state index contributed by atoms with van der Waals surface area (Å²) in [6, 6.07) is 10.8. The van der Waals surface area contributed by atoms with E-state index in [1.54, 1.807) is 30.5 Å². The van der Waals surface area contributed by atoms with Crippen LogP contribution in [0, 0.1) is 5.95 Å². The van der Waals surface area contributed by atoms with Crippen molar-refractivity contribution in [2.24, 2.45) is 10.7 Å². The molecule has 1 spiro atoms. The molecule has 1 aromatic carbocycles. The van der Waals surface area contributed by atoms with Gasteiger partial charge in [-0.05, 0) is 51.8 Å². The summed E-state index contributed by atoms with van der Waals surface area (Å²) in [5.74, 6) is 0.499. The molecule has 0 radical (unpaired) electrons. The number of aliphatic imine (C=N–C) groups is 1. The molecule has 4 heterocycles. The Morgan fingerprint density at radius 3 is 2.86 bits per heavy atom. The normalized spacial score (nSPS) is 19.9. The minimum Gasteiger partial charge on any atom is -0.449 e. The van der Waals surface area contributed by atoms with Gasteiger partial charge in [0, 0.05) is 41.0 Å². The molecule has 1 atom stereocenters. The molecule has 2 aliphatic heterocycles. The highest BCUT2D eigenvalue weighted by Crippen LogP contribution is 2.52. The topological polar surface area (TPSA) is 82.6 Å². The standard InChI is InChI=1S/C20H14BrFN4O2/c21-12-9-15-18(26-10-12)27-16-4-3-11(13-2-1-6-24-17(13)22)8-14(16)20(15)5-7-25-19(23)28-20/h1-4,6,8-10H,5,7H2,(H2,23,25)/t20-/m0/s1. The lowest BCUT2D eigenvalue weighted by atomic mass is 9.80. The Bertz CT molecular complexity index is 1140. The van der Waals surface area contributed by atoms with Crippen LogP contribution in [0.3, 0.4) is 0 Å². The molecule has 5 rings (SSSR count). The summed E-state index contributed by atoms with van der Waals surface area (Å²) in [6.07, 6.45) is 3.63. The third-order valence-corrected chi connectivity index (χ3v) is 5.39. The molecule has 0 aliphatic carbocycles. The van der Waals surface area contributed by atoms with E-state index in [4.69, 9.17) is 15.2 Å². The highest BCUT2D eigenvalue weighted by molar-refractivity contribution is 9.10. The smallest absolute Gasteiger partial charge is 0.283 e. The van der Waals surface area contributed by atoms with Crippen LogP contribution in [0.2, 0.25) is 0 Å². The van der Waals surface area contributed by atoms with Gasteiger partial charge in [0.05, 0.1) is 5.56 Å². The van der Waals surface area contributed by atoms with Crippen molar-refractivity contribution >= 4 is 22.0 Å². The second kappa shape index (κ2) is 6.27. The first-order valence-electron chi connectivity index (χ1n) is 8.65. The van der Waals surface area contributed by atoms with Crippen molar-refractivity contribution in [3.63, 3.8) is 0 Å². The molecular formula is C20H14BrFN4O2. The van der Waals surface area contributed by atoms with Gasteiger partial charge in [0.1, 0.15) is 5.75 Å². The van der Waals surface area contributed by atoms with E-state index in [-0.39, 0.29) is 6.02 Å². The summed E-state index contributed by atoms with van der Waals surface area (Å²) in [4.78, 5) is 12.3. The number of benzene rings is 1. The van der Waals surface area contributed by atoms with Gasteiger partial charge in [0.25, 0.3) is 6.02 Å². The summed E-state index contributed by atoms with van der Waals surface area (Å²) >= 11 is 3.46. The molecule has 2 aliphatic rings. The third kappa shape index (κ3) is 2.56. The quantitative estimate of drug-likeness (QED) is 0.575. The monoisotopic (exact) mass is 440 g/mol. The van der Waals surface area contributed by atoms with Crippen LogP contribution in [0.1, 0.15) is 17.5 Å². The zero-order chi connectivity index (χ0) is 19.3. The number of halogens is 2. The fourth-order valence-corrected chi connectivity index (χ4v) is 4.05. The molecule has 0 saturated heterocycles. The molecular weight excluding hydrogens is 427 g/mol. The zero-order valence-corrected chi connectivity index (χ0v) is 16.1. The van der Waals surface area contributed by atoms with Crippen molar-refractivity contribution in [3.8, 4) is 22.8 Å². The van der Waals surface area contributed by atoms with Crippen molar-refractivity contribution in [2.45, 2.75) is 12.0 Å². The Balaban J connectivity index is 1.75. The van der Waals surface area contributed by atoms with Crippen LogP contribution in [-0.4, -0.2) is 22.5 Å². The lowest BCUT2D eigenvalue weighted by Crippen LogP contribution is -2.42. The average molecular weight is 441 g/mol. The molecule has 0 unspecified atom stereocenters. The number of aromatic nitrogens is 2. The van der Waals surface area contributed by atoms with Crippen LogP contribution in [0.5, 0.6) is 11.6 Å². The molecule has 3 aromatic rings. The summed E-state index contributed by atoms with van der Waals surface area (Å²) in [6.45, 7) is 0.489. The van der Waals surface area contributed by atoms with Crippen molar-refractivity contribution < 1.29 is 13.9 Å². The predicted molar refractivity (Wildman–Crippen MR) is 105 cm³/mol. The summed E-state index contributed by atoms with van der Waals surface area (Å²) < 4.78 is 27.2. The average Bonchev–Trinajstić information content (AvgIpc) is 2.69. The van der Waals surface area contributed by atoms with Gasteiger partial charge in [-0.3, -0.25) is 0 Å². The van der Waals surface area contributed by atoms with Crippen LogP contribution in [0.25, 0.3) is 11.1 Å². The van der Waals surface area contributed by atoms with Gasteiger partial charge in [-0.2, -0.15) is 4.39 Å². The third-order valence-electron chi connectivity index (χ3n) is 4.95. The lowest BCUT2D eigenvalue weighted by Gasteiger charge is -2.41. The van der Waals surface area contributed by atoms with Crippen LogP contribution in [-0.2, 0) is 10.3 Å². The van der Waals surface area contributed by atoms with E-state index in [2.05, 4.69) is 30.9 Å². The van der Waals surface area contributed by atoms with Crippen LogP contribution in [0.4, 0.5) is 4.39 Å². The fourth-order valence-electron chi connectivity index (χ4n) is 3.71. The van der Waals surface area contributed by atoms with Crippen molar-refractivity contribution in [2.75, 3.05) is 6.54 Å². The molecule has 0 fully saturated rings. The van der Waals surface area contributed by atoms with Gasteiger partial charge in [-0.15, -0.1) is 0 Å². The Morgan fingerprint density at radius 1 is 1.14 bits per heavy atom. The van der Waals surface area contributed by atoms with E-state index in [0.29, 0.717) is 35.7 Å². The van der Waals surface area contributed by atoms with Crippen molar-refractivity contribution in [1.82, 2.24) is 9.97 Å². The number of pyridine rings is 2. The molecule has 28 heavy (non-hydrogen) atoms. The molecule has 140 valence electrons. The van der Waals surface area contributed by atoms with E-state index < -0.39 is 11.5 Å². The molecule has 0 amide bonds. The SMILES string of the molecule is NC1=NCC[C@]2(O1)c1cc(-c3cccnc3F)ccc1Oc1ncc(Br)cc12. The maximum absolute atomic E-state index is 14.3.